The largest absolute Gasteiger partial charge is 0.496 e. The maximum absolute atomic E-state index is 13.0. The fourth-order valence-corrected chi connectivity index (χ4v) is 5.07. The molecule has 0 bridgehead atoms. The van der Waals surface area contributed by atoms with E-state index in [1.165, 1.54) is 7.11 Å². The molecule has 1 fully saturated rings. The zero-order valence-corrected chi connectivity index (χ0v) is 22.4. The third kappa shape index (κ3) is 5.65. The molecular formula is C29H36N2O6. The molecule has 0 unspecified atom stereocenters. The van der Waals surface area contributed by atoms with Crippen LogP contribution in [0.3, 0.4) is 0 Å². The number of nitrogens with zero attached hydrogens (tertiary/aromatic N) is 2. The lowest BCUT2D eigenvalue weighted by molar-refractivity contribution is 0.0362. The molecule has 1 aliphatic heterocycles. The monoisotopic (exact) mass is 508 g/mol. The first kappa shape index (κ1) is 26.7. The van der Waals surface area contributed by atoms with Gasteiger partial charge in [0.2, 0.25) is 0 Å². The van der Waals surface area contributed by atoms with Crippen LogP contribution in [0.2, 0.25) is 0 Å². The van der Waals surface area contributed by atoms with Crippen molar-refractivity contribution < 1.29 is 28.9 Å². The summed E-state index contributed by atoms with van der Waals surface area (Å²) in [4.78, 5) is 27.2. The summed E-state index contributed by atoms with van der Waals surface area (Å²) in [7, 11) is 3.01. The summed E-state index contributed by atoms with van der Waals surface area (Å²) in [6.45, 7) is 8.75. The number of methoxy groups -OCH3 is 2. The summed E-state index contributed by atoms with van der Waals surface area (Å²) in [5.41, 5.74) is 3.57. The summed E-state index contributed by atoms with van der Waals surface area (Å²) in [5.74, 6) is 0.367. The maximum atomic E-state index is 13.0. The molecule has 1 saturated heterocycles. The molecule has 1 aromatic heterocycles. The van der Waals surface area contributed by atoms with Crippen LogP contribution in [0.5, 0.6) is 5.75 Å². The molecular weight excluding hydrogens is 472 g/mol. The lowest BCUT2D eigenvalue weighted by Gasteiger charge is -2.38. The lowest BCUT2D eigenvalue weighted by atomic mass is 9.91. The van der Waals surface area contributed by atoms with E-state index >= 15 is 0 Å². The van der Waals surface area contributed by atoms with Gasteiger partial charge in [0, 0.05) is 36.3 Å². The molecule has 3 aromatic rings. The molecule has 2 atom stereocenters. The standard InChI is InChI=1S/C29H36N2O6/c1-18-15-25(35-5)23(22-12-14-31(26(18)22)28(34)37-29(2,3)4)17-30-13-11-21(32)16-24(30)19-7-9-20(10-8-19)27(33)36-6/h7-10,12,14-15,21,24,32H,11,13,16-17H2,1-6H3/t21-,24+/m1/s1. The van der Waals surface area contributed by atoms with Crippen LogP contribution in [0.4, 0.5) is 4.79 Å². The van der Waals surface area contributed by atoms with Crippen LogP contribution in [0, 0.1) is 6.92 Å². The van der Waals surface area contributed by atoms with Crippen molar-refractivity contribution in [1.82, 2.24) is 9.47 Å². The van der Waals surface area contributed by atoms with Crippen molar-refractivity contribution >= 4 is 23.0 Å². The van der Waals surface area contributed by atoms with Crippen LogP contribution in [0.1, 0.15) is 66.7 Å². The number of hydrogen-bond acceptors (Lipinski definition) is 7. The van der Waals surface area contributed by atoms with Crippen molar-refractivity contribution in [3.63, 3.8) is 0 Å². The highest BCUT2D eigenvalue weighted by Crippen LogP contribution is 2.38. The number of fused-ring (bicyclic) bond motifs is 1. The van der Waals surface area contributed by atoms with Crippen LogP contribution in [0.25, 0.3) is 10.9 Å². The van der Waals surface area contributed by atoms with Crippen LogP contribution in [0.15, 0.2) is 42.6 Å². The first-order valence-electron chi connectivity index (χ1n) is 12.5. The highest BCUT2D eigenvalue weighted by atomic mass is 16.6. The summed E-state index contributed by atoms with van der Waals surface area (Å²) in [6.07, 6.45) is 2.15. The van der Waals surface area contributed by atoms with E-state index in [2.05, 4.69) is 4.90 Å². The Hall–Kier alpha value is -3.36. The number of rotatable bonds is 5. The molecule has 4 rings (SSSR count). The van der Waals surface area contributed by atoms with Crippen molar-refractivity contribution in [2.75, 3.05) is 20.8 Å². The molecule has 1 aliphatic rings. The number of hydrogen-bond donors (Lipinski definition) is 1. The third-order valence-corrected chi connectivity index (χ3v) is 6.80. The molecule has 198 valence electrons. The topological polar surface area (TPSA) is 90.2 Å². The maximum Gasteiger partial charge on any atom is 0.419 e. The smallest absolute Gasteiger partial charge is 0.419 e. The molecule has 0 amide bonds. The van der Waals surface area contributed by atoms with E-state index in [4.69, 9.17) is 14.2 Å². The Labute approximate surface area is 217 Å². The van der Waals surface area contributed by atoms with E-state index in [0.29, 0.717) is 31.5 Å². The molecule has 2 heterocycles. The first-order valence-corrected chi connectivity index (χ1v) is 12.5. The number of piperidine rings is 1. The molecule has 2 aromatic carbocycles. The van der Waals surface area contributed by atoms with Gasteiger partial charge in [-0.2, -0.15) is 0 Å². The number of aliphatic hydroxyl groups excluding tert-OH is 1. The number of benzene rings is 2. The van der Waals surface area contributed by atoms with Gasteiger partial charge in [-0.3, -0.25) is 9.47 Å². The summed E-state index contributed by atoms with van der Waals surface area (Å²) in [5, 5.41) is 11.4. The van der Waals surface area contributed by atoms with Gasteiger partial charge >= 0.3 is 12.1 Å². The summed E-state index contributed by atoms with van der Waals surface area (Å²) in [6, 6.07) is 11.2. The SMILES string of the molecule is COC(=O)c1ccc([C@@H]2C[C@H](O)CCN2Cc2c(OC)cc(C)c3c2ccn3C(=O)OC(C)(C)C)cc1. The van der Waals surface area contributed by atoms with Crippen molar-refractivity contribution in [3.8, 4) is 5.75 Å². The van der Waals surface area contributed by atoms with Crippen molar-refractivity contribution in [1.29, 1.82) is 0 Å². The van der Waals surface area contributed by atoms with E-state index in [0.717, 1.165) is 33.3 Å². The fraction of sp³-hybridized carbons (Fsp3) is 0.448. The van der Waals surface area contributed by atoms with Gasteiger partial charge in [0.25, 0.3) is 0 Å². The molecule has 0 aliphatic carbocycles. The van der Waals surface area contributed by atoms with Gasteiger partial charge in [0.1, 0.15) is 11.4 Å². The van der Waals surface area contributed by atoms with E-state index in [9.17, 15) is 14.7 Å². The van der Waals surface area contributed by atoms with Crippen LogP contribution >= 0.6 is 0 Å². The number of aromatic nitrogens is 1. The predicted molar refractivity (Wildman–Crippen MR) is 141 cm³/mol. The zero-order valence-electron chi connectivity index (χ0n) is 22.4. The van der Waals surface area contributed by atoms with Crippen LogP contribution in [-0.4, -0.2) is 59.1 Å². The van der Waals surface area contributed by atoms with Gasteiger partial charge in [-0.1, -0.05) is 12.1 Å². The Morgan fingerprint density at radius 3 is 2.43 bits per heavy atom. The molecule has 37 heavy (non-hydrogen) atoms. The van der Waals surface area contributed by atoms with Crippen molar-refractivity contribution in [2.45, 2.75) is 64.8 Å². The van der Waals surface area contributed by atoms with Gasteiger partial charge in [-0.15, -0.1) is 0 Å². The molecule has 8 nitrogen and oxygen atoms in total. The number of likely N-dealkylation sites (tertiary alicyclic amines) is 1. The minimum Gasteiger partial charge on any atom is -0.496 e. The Bertz CT molecular complexity index is 1290. The highest BCUT2D eigenvalue weighted by molar-refractivity contribution is 5.95. The van der Waals surface area contributed by atoms with Crippen LogP contribution < -0.4 is 4.74 Å². The normalized spacial score (nSPS) is 18.6. The Kier molecular flexibility index (Phi) is 7.62. The molecule has 0 saturated carbocycles. The average molecular weight is 509 g/mol. The number of carbonyl (C=O) groups excluding carboxylic acids is 2. The van der Waals surface area contributed by atoms with E-state index in [-0.39, 0.29) is 12.0 Å². The lowest BCUT2D eigenvalue weighted by Crippen LogP contribution is -2.38. The second-order valence-corrected chi connectivity index (χ2v) is 10.6. The summed E-state index contributed by atoms with van der Waals surface area (Å²) < 4.78 is 17.8. The first-order chi connectivity index (χ1) is 17.5. The van der Waals surface area contributed by atoms with Gasteiger partial charge in [-0.25, -0.2) is 9.59 Å². The predicted octanol–water partition coefficient (Wildman–Crippen LogP) is 5.23. The Morgan fingerprint density at radius 2 is 1.81 bits per heavy atom. The molecule has 8 heteroatoms. The van der Waals surface area contributed by atoms with Crippen molar-refractivity contribution in [2.24, 2.45) is 0 Å². The van der Waals surface area contributed by atoms with Gasteiger partial charge in [-0.05, 0) is 75.9 Å². The summed E-state index contributed by atoms with van der Waals surface area (Å²) >= 11 is 0. The van der Waals surface area contributed by atoms with E-state index in [1.54, 1.807) is 30.0 Å². The quantitative estimate of drug-likeness (QED) is 0.472. The fourth-order valence-electron chi connectivity index (χ4n) is 5.07. The molecule has 1 N–H and O–H groups in total. The minimum atomic E-state index is -0.609. The Morgan fingerprint density at radius 1 is 1.11 bits per heavy atom. The minimum absolute atomic E-state index is 0.0514. The molecule has 0 radical (unpaired) electrons. The number of esters is 1. The van der Waals surface area contributed by atoms with E-state index in [1.807, 2.05) is 52.0 Å². The second kappa shape index (κ2) is 10.6. The van der Waals surface area contributed by atoms with Gasteiger partial charge in [0.05, 0.1) is 31.4 Å². The molecule has 0 spiro atoms. The van der Waals surface area contributed by atoms with E-state index < -0.39 is 17.8 Å². The third-order valence-electron chi connectivity index (χ3n) is 6.80. The number of carbonyl (C=O) groups is 2. The Balaban J connectivity index is 1.72. The van der Waals surface area contributed by atoms with Crippen LogP contribution in [-0.2, 0) is 16.0 Å². The zero-order chi connectivity index (χ0) is 26.9. The van der Waals surface area contributed by atoms with Gasteiger partial charge in [0.15, 0.2) is 0 Å². The average Bonchev–Trinajstić information content (AvgIpc) is 3.31. The van der Waals surface area contributed by atoms with Crippen molar-refractivity contribution in [3.05, 3.63) is 64.8 Å². The number of aryl methyl sites for hydroxylation is 1. The number of ether oxygens (including phenoxy) is 3. The number of aliphatic hydroxyl groups is 1. The highest BCUT2D eigenvalue weighted by Gasteiger charge is 2.31. The van der Waals surface area contributed by atoms with Gasteiger partial charge < -0.3 is 19.3 Å². The second-order valence-electron chi connectivity index (χ2n) is 10.6.